The quantitative estimate of drug-likeness (QED) is 0.249. The Hall–Kier alpha value is -4.01. The lowest BCUT2D eigenvalue weighted by molar-refractivity contribution is -0.153. The summed E-state index contributed by atoms with van der Waals surface area (Å²) in [5.74, 6) is -0.708. The van der Waals surface area contributed by atoms with Crippen LogP contribution in [0.5, 0.6) is 0 Å². The van der Waals surface area contributed by atoms with Gasteiger partial charge in [-0.25, -0.2) is 0 Å². The molecular formula is C28H32N4O7. The minimum absolute atomic E-state index is 0.0144. The Morgan fingerprint density at radius 1 is 1.23 bits per heavy atom. The van der Waals surface area contributed by atoms with E-state index < -0.39 is 58.0 Å². The van der Waals surface area contributed by atoms with E-state index in [0.29, 0.717) is 17.7 Å². The summed E-state index contributed by atoms with van der Waals surface area (Å²) >= 11 is 0. The number of benzene rings is 1. The second-order valence-corrected chi connectivity index (χ2v) is 10.6. The number of amides is 1. The van der Waals surface area contributed by atoms with E-state index >= 15 is 0 Å². The number of carbonyl (C=O) groups is 3. The van der Waals surface area contributed by atoms with Crippen LogP contribution in [0.2, 0.25) is 0 Å². The lowest BCUT2D eigenvalue weighted by Gasteiger charge is -2.50. The van der Waals surface area contributed by atoms with Gasteiger partial charge >= 0.3 is 0 Å². The van der Waals surface area contributed by atoms with Crippen molar-refractivity contribution in [3.05, 3.63) is 44.6 Å². The monoisotopic (exact) mass is 536 g/mol. The molecule has 1 aromatic carbocycles. The zero-order chi connectivity index (χ0) is 29.0. The van der Waals surface area contributed by atoms with Crippen molar-refractivity contribution in [3.63, 3.8) is 0 Å². The molecule has 0 bridgehead atoms. The van der Waals surface area contributed by atoms with Crippen molar-refractivity contribution >= 4 is 34.6 Å². The standard InChI is InChI=1S/C28H32N4O7/c1-6-7-8-9-13-12-17(31(2)3)15-10-14-11-16-22(32(4)5)24(34)20(27(29)37)26(36)28(16,38)25(35)18(14)23(33)19(15)21(13)30-39/h12,14,16,22,33,36,38H,6-7,10-11H2,1-5H3,(H2,29,37)/t14-,16-,22-,28-/m0/s1. The maximum atomic E-state index is 14.0. The van der Waals surface area contributed by atoms with Crippen molar-refractivity contribution in [2.24, 2.45) is 22.7 Å². The Bertz CT molecular complexity index is 1430. The van der Waals surface area contributed by atoms with E-state index in [-0.39, 0.29) is 35.2 Å². The van der Waals surface area contributed by atoms with Gasteiger partial charge in [-0.3, -0.25) is 19.3 Å². The Labute approximate surface area is 225 Å². The predicted molar refractivity (Wildman–Crippen MR) is 144 cm³/mol. The number of nitrogens with two attached hydrogens (primary N) is 1. The van der Waals surface area contributed by atoms with Crippen molar-refractivity contribution in [1.29, 1.82) is 0 Å². The molecule has 0 radical (unpaired) electrons. The number of anilines is 1. The molecule has 5 N–H and O–H groups in total. The molecule has 1 fully saturated rings. The molecule has 0 aliphatic heterocycles. The summed E-state index contributed by atoms with van der Waals surface area (Å²) in [4.78, 5) is 54.7. The fourth-order valence-corrected chi connectivity index (χ4v) is 6.16. The summed E-state index contributed by atoms with van der Waals surface area (Å²) in [5, 5.41) is 37.4. The summed E-state index contributed by atoms with van der Waals surface area (Å²) in [7, 11) is 6.70. The number of ketones is 2. The highest BCUT2D eigenvalue weighted by Crippen LogP contribution is 2.54. The Kier molecular flexibility index (Phi) is 7.14. The van der Waals surface area contributed by atoms with Crippen LogP contribution >= 0.6 is 0 Å². The first kappa shape index (κ1) is 28.0. The van der Waals surface area contributed by atoms with Gasteiger partial charge in [0.15, 0.2) is 11.4 Å². The molecule has 4 rings (SSSR count). The summed E-state index contributed by atoms with van der Waals surface area (Å²) in [6, 6.07) is 0.581. The number of primary amides is 1. The molecule has 39 heavy (non-hydrogen) atoms. The maximum absolute atomic E-state index is 14.0. The van der Waals surface area contributed by atoms with Crippen LogP contribution in [0, 0.1) is 28.6 Å². The van der Waals surface area contributed by atoms with Crippen LogP contribution < -0.4 is 10.6 Å². The van der Waals surface area contributed by atoms with Gasteiger partial charge in [0.2, 0.25) is 5.78 Å². The Morgan fingerprint density at radius 3 is 2.44 bits per heavy atom. The third kappa shape index (κ3) is 4.02. The van der Waals surface area contributed by atoms with E-state index in [1.807, 2.05) is 6.92 Å². The number of nitrogens with zero attached hydrogens (tertiary/aromatic N) is 3. The van der Waals surface area contributed by atoms with Crippen molar-refractivity contribution in [2.75, 3.05) is 33.1 Å². The molecule has 206 valence electrons. The molecule has 11 heteroatoms. The highest BCUT2D eigenvalue weighted by atomic mass is 16.3. The number of carbonyl (C=O) groups excluding carboxylic acids is 3. The number of aliphatic hydroxyl groups is 3. The fraction of sp³-hybridized carbons (Fsp3) is 0.464. The SMILES string of the molecule is CCCC#Cc1cc(N(C)C)c2c(c1N=O)C(O)=C1C(=O)[C@]3(O)C(O)=C(C(N)=O)C(=O)[C@@H](N(C)C)[C@@H]3C[C@@H]1C2. The first-order valence-corrected chi connectivity index (χ1v) is 12.7. The summed E-state index contributed by atoms with van der Waals surface area (Å²) in [6.45, 7) is 1.96. The van der Waals surface area contributed by atoms with Crippen LogP contribution in [-0.4, -0.2) is 77.5 Å². The van der Waals surface area contributed by atoms with Crippen molar-refractivity contribution in [2.45, 2.75) is 44.2 Å². The minimum Gasteiger partial charge on any atom is -0.508 e. The van der Waals surface area contributed by atoms with Gasteiger partial charge < -0.3 is 26.0 Å². The van der Waals surface area contributed by atoms with Crippen LogP contribution in [0.1, 0.15) is 42.9 Å². The Balaban J connectivity index is 2.03. The lowest BCUT2D eigenvalue weighted by Crippen LogP contribution is -2.65. The average molecular weight is 537 g/mol. The molecule has 11 nitrogen and oxygen atoms in total. The molecule has 1 amide bonds. The van der Waals surface area contributed by atoms with Crippen molar-refractivity contribution in [3.8, 4) is 11.8 Å². The summed E-state index contributed by atoms with van der Waals surface area (Å²) in [6.07, 6.45) is 1.58. The zero-order valence-electron chi connectivity index (χ0n) is 22.5. The molecule has 1 saturated carbocycles. The smallest absolute Gasteiger partial charge is 0.255 e. The highest BCUT2D eigenvalue weighted by molar-refractivity contribution is 6.24. The molecule has 0 saturated heterocycles. The molecule has 0 spiro atoms. The molecule has 0 heterocycles. The first-order valence-electron chi connectivity index (χ1n) is 12.7. The number of aliphatic hydroxyl groups excluding tert-OH is 2. The van der Waals surface area contributed by atoms with Crippen LogP contribution in [0.4, 0.5) is 11.4 Å². The summed E-state index contributed by atoms with van der Waals surface area (Å²) < 4.78 is 0. The Morgan fingerprint density at radius 2 is 1.90 bits per heavy atom. The topological polar surface area (TPSA) is 174 Å². The van der Waals surface area contributed by atoms with E-state index in [2.05, 4.69) is 17.0 Å². The van der Waals surface area contributed by atoms with E-state index in [1.165, 1.54) is 4.90 Å². The minimum atomic E-state index is -2.69. The molecular weight excluding hydrogens is 504 g/mol. The van der Waals surface area contributed by atoms with Crippen LogP contribution in [0.3, 0.4) is 0 Å². The first-order chi connectivity index (χ1) is 18.3. The normalized spacial score (nSPS) is 26.0. The molecule has 4 atom stereocenters. The number of nitroso groups, excluding NO2 is 1. The largest absolute Gasteiger partial charge is 0.508 e. The third-order valence-electron chi connectivity index (χ3n) is 7.87. The zero-order valence-corrected chi connectivity index (χ0v) is 22.5. The van der Waals surface area contributed by atoms with Gasteiger partial charge in [0.05, 0.1) is 17.2 Å². The van der Waals surface area contributed by atoms with Gasteiger partial charge in [-0.05, 0) is 56.1 Å². The summed E-state index contributed by atoms with van der Waals surface area (Å²) in [5.41, 5.74) is 3.03. The van der Waals surface area contributed by atoms with Gasteiger partial charge in [-0.1, -0.05) is 18.8 Å². The van der Waals surface area contributed by atoms with Crippen molar-refractivity contribution in [1.82, 2.24) is 4.90 Å². The van der Waals surface area contributed by atoms with E-state index in [1.54, 1.807) is 39.2 Å². The van der Waals surface area contributed by atoms with Gasteiger partial charge in [0.1, 0.15) is 22.8 Å². The second-order valence-electron chi connectivity index (χ2n) is 10.6. The van der Waals surface area contributed by atoms with Crippen molar-refractivity contribution < 1.29 is 29.7 Å². The number of Topliss-reactive ketones (excluding diaryl/α,β-unsaturated/α-hetero) is 2. The van der Waals surface area contributed by atoms with Crippen LogP contribution in [-0.2, 0) is 20.8 Å². The number of hydrogen-bond acceptors (Lipinski definition) is 10. The number of rotatable bonds is 5. The van der Waals surface area contributed by atoms with Gasteiger partial charge in [0.25, 0.3) is 5.91 Å². The van der Waals surface area contributed by atoms with Gasteiger partial charge in [-0.15, -0.1) is 4.91 Å². The van der Waals surface area contributed by atoms with Crippen LogP contribution in [0.25, 0.3) is 5.76 Å². The number of likely N-dealkylation sites (N-methyl/N-ethyl adjacent to an activating group) is 1. The molecule has 3 aliphatic rings. The van der Waals surface area contributed by atoms with Gasteiger partial charge in [0, 0.05) is 37.7 Å². The van der Waals surface area contributed by atoms with Crippen LogP contribution in [0.15, 0.2) is 28.1 Å². The van der Waals surface area contributed by atoms with E-state index in [0.717, 1.165) is 6.42 Å². The molecule has 1 aromatic rings. The van der Waals surface area contributed by atoms with E-state index in [9.17, 15) is 34.6 Å². The van der Waals surface area contributed by atoms with Gasteiger partial charge in [-0.2, -0.15) is 0 Å². The number of hydrogen-bond donors (Lipinski definition) is 4. The number of unbranched alkanes of at least 4 members (excludes halogenated alkanes) is 1. The predicted octanol–water partition coefficient (Wildman–Crippen LogP) is 1.87. The average Bonchev–Trinajstić information content (AvgIpc) is 2.85. The van der Waals surface area contributed by atoms with E-state index in [4.69, 9.17) is 5.73 Å². The number of fused-ring (bicyclic) bond motifs is 3. The highest BCUT2D eigenvalue weighted by Gasteiger charge is 2.64. The molecule has 0 unspecified atom stereocenters. The second kappa shape index (κ2) is 9.94. The molecule has 0 aromatic heterocycles. The fourth-order valence-electron chi connectivity index (χ4n) is 6.16. The third-order valence-corrected chi connectivity index (χ3v) is 7.87. The molecule has 3 aliphatic carbocycles. The maximum Gasteiger partial charge on any atom is 0.255 e. The lowest BCUT2D eigenvalue weighted by atomic mass is 9.57.